The minimum absolute atomic E-state index is 0.171. The molecule has 1 saturated heterocycles. The number of carbonyl (C=O) groups is 1. The number of carboxylic acids is 1. The van der Waals surface area contributed by atoms with Gasteiger partial charge >= 0.3 is 5.97 Å². The molecule has 1 aromatic rings. The zero-order valence-electron chi connectivity index (χ0n) is 12.4. The van der Waals surface area contributed by atoms with Gasteiger partial charge in [-0.05, 0) is 44.2 Å². The molecule has 5 nitrogen and oxygen atoms in total. The molecule has 21 heavy (non-hydrogen) atoms. The van der Waals surface area contributed by atoms with Crippen LogP contribution < -0.4 is 4.90 Å². The van der Waals surface area contributed by atoms with Crippen LogP contribution in [0, 0.1) is 36.5 Å². The Hall–Kier alpha value is -2.09. The van der Waals surface area contributed by atoms with Gasteiger partial charge in [0.2, 0.25) is 0 Å². The van der Waals surface area contributed by atoms with Gasteiger partial charge in [-0.25, -0.2) is 4.98 Å². The Morgan fingerprint density at radius 2 is 2.33 bits per heavy atom. The molecule has 1 aromatic heterocycles. The van der Waals surface area contributed by atoms with Crippen molar-refractivity contribution in [2.24, 2.45) is 11.3 Å². The van der Waals surface area contributed by atoms with Crippen molar-refractivity contribution in [3.63, 3.8) is 0 Å². The molecular formula is C16H19N3O2. The second-order valence-electron chi connectivity index (χ2n) is 6.32. The van der Waals surface area contributed by atoms with Gasteiger partial charge in [-0.3, -0.25) is 4.79 Å². The number of aryl methyl sites for hydroxylation is 2. The van der Waals surface area contributed by atoms with Crippen molar-refractivity contribution in [1.29, 1.82) is 5.26 Å². The van der Waals surface area contributed by atoms with E-state index < -0.39 is 11.4 Å². The number of hydrogen-bond donors (Lipinski definition) is 1. The molecule has 1 aliphatic heterocycles. The first-order valence-corrected chi connectivity index (χ1v) is 7.34. The van der Waals surface area contributed by atoms with E-state index in [4.69, 9.17) is 0 Å². The van der Waals surface area contributed by atoms with Gasteiger partial charge in [-0.2, -0.15) is 5.26 Å². The van der Waals surface area contributed by atoms with Gasteiger partial charge in [0.15, 0.2) is 0 Å². The molecule has 0 radical (unpaired) electrons. The third-order valence-electron chi connectivity index (χ3n) is 5.03. The topological polar surface area (TPSA) is 77.2 Å². The summed E-state index contributed by atoms with van der Waals surface area (Å²) in [6.45, 7) is 4.97. The average molecular weight is 285 g/mol. The molecule has 1 aliphatic carbocycles. The fourth-order valence-corrected chi connectivity index (χ4v) is 3.98. The van der Waals surface area contributed by atoms with E-state index in [1.807, 2.05) is 24.8 Å². The second kappa shape index (κ2) is 4.73. The van der Waals surface area contributed by atoms with Crippen LogP contribution in [0.4, 0.5) is 5.82 Å². The second-order valence-corrected chi connectivity index (χ2v) is 6.32. The predicted molar refractivity (Wildman–Crippen MR) is 78.0 cm³/mol. The highest BCUT2D eigenvalue weighted by molar-refractivity contribution is 5.78. The number of hydrogen-bond acceptors (Lipinski definition) is 4. The SMILES string of the molecule is Cc1cc(C)c(C#N)c(N2C[C@@H]3CCC[C@@]3(C(=O)O)C2)n1. The van der Waals surface area contributed by atoms with Crippen molar-refractivity contribution in [2.45, 2.75) is 33.1 Å². The van der Waals surface area contributed by atoms with E-state index in [9.17, 15) is 15.2 Å². The Labute approximate surface area is 124 Å². The number of fused-ring (bicyclic) bond motifs is 1. The fraction of sp³-hybridized carbons (Fsp3) is 0.562. The number of rotatable bonds is 2. The number of carboxylic acid groups (broad SMARTS) is 1. The molecule has 1 N–H and O–H groups in total. The van der Waals surface area contributed by atoms with E-state index in [0.29, 0.717) is 24.5 Å². The number of nitriles is 1. The molecule has 3 rings (SSSR count). The summed E-state index contributed by atoms with van der Waals surface area (Å²) < 4.78 is 0. The molecular weight excluding hydrogens is 266 g/mol. The number of anilines is 1. The number of pyridine rings is 1. The third-order valence-corrected chi connectivity index (χ3v) is 5.03. The highest BCUT2D eigenvalue weighted by Gasteiger charge is 2.55. The van der Waals surface area contributed by atoms with Crippen LogP contribution in [0.15, 0.2) is 6.07 Å². The molecule has 2 fully saturated rings. The lowest BCUT2D eigenvalue weighted by atomic mass is 9.81. The van der Waals surface area contributed by atoms with E-state index in [2.05, 4.69) is 11.1 Å². The molecule has 0 spiro atoms. The Morgan fingerprint density at radius 3 is 2.95 bits per heavy atom. The quantitative estimate of drug-likeness (QED) is 0.902. The summed E-state index contributed by atoms with van der Waals surface area (Å²) >= 11 is 0. The van der Waals surface area contributed by atoms with Crippen molar-refractivity contribution in [1.82, 2.24) is 4.98 Å². The molecule has 0 unspecified atom stereocenters. The predicted octanol–water partition coefficient (Wildman–Crippen LogP) is 2.26. The van der Waals surface area contributed by atoms with Crippen LogP contribution in [-0.4, -0.2) is 29.1 Å². The maximum absolute atomic E-state index is 11.8. The molecule has 5 heteroatoms. The minimum atomic E-state index is -0.699. The highest BCUT2D eigenvalue weighted by Crippen LogP contribution is 2.50. The van der Waals surface area contributed by atoms with Crippen molar-refractivity contribution >= 4 is 11.8 Å². The van der Waals surface area contributed by atoms with Gasteiger partial charge in [0.25, 0.3) is 0 Å². The molecule has 0 amide bonds. The molecule has 2 atom stereocenters. The molecule has 0 aromatic carbocycles. The van der Waals surface area contributed by atoms with Crippen molar-refractivity contribution in [2.75, 3.05) is 18.0 Å². The lowest BCUT2D eigenvalue weighted by Gasteiger charge is -2.24. The highest BCUT2D eigenvalue weighted by atomic mass is 16.4. The molecule has 0 bridgehead atoms. The van der Waals surface area contributed by atoms with E-state index in [1.165, 1.54) is 0 Å². The van der Waals surface area contributed by atoms with Crippen molar-refractivity contribution in [3.8, 4) is 6.07 Å². The Bertz CT molecular complexity index is 650. The zero-order chi connectivity index (χ0) is 15.2. The van der Waals surface area contributed by atoms with Crippen LogP contribution in [0.5, 0.6) is 0 Å². The van der Waals surface area contributed by atoms with E-state index >= 15 is 0 Å². The molecule has 1 saturated carbocycles. The van der Waals surface area contributed by atoms with Gasteiger partial charge in [0.1, 0.15) is 11.9 Å². The van der Waals surface area contributed by atoms with E-state index in [0.717, 1.165) is 30.5 Å². The summed E-state index contributed by atoms with van der Waals surface area (Å²) in [6, 6.07) is 4.12. The summed E-state index contributed by atoms with van der Waals surface area (Å²) in [5, 5.41) is 19.1. The maximum Gasteiger partial charge on any atom is 0.311 e. The standard InChI is InChI=1S/C16H19N3O2/c1-10-6-11(2)18-14(13(10)7-17)19-8-12-4-3-5-16(12,9-19)15(20)21/h6,12H,3-5,8-9H2,1-2H3,(H,20,21)/t12-,16+/m0/s1. The van der Waals surface area contributed by atoms with Crippen molar-refractivity contribution < 1.29 is 9.90 Å². The normalized spacial score (nSPS) is 27.5. The number of aliphatic carboxylic acids is 1. The Kier molecular flexibility index (Phi) is 3.12. The maximum atomic E-state index is 11.8. The first-order chi connectivity index (χ1) is 9.98. The fourth-order valence-electron chi connectivity index (χ4n) is 3.98. The average Bonchev–Trinajstić information content (AvgIpc) is 2.95. The van der Waals surface area contributed by atoms with Crippen LogP contribution >= 0.6 is 0 Å². The van der Waals surface area contributed by atoms with Crippen LogP contribution in [0.3, 0.4) is 0 Å². The zero-order valence-corrected chi connectivity index (χ0v) is 12.4. The van der Waals surface area contributed by atoms with Crippen LogP contribution in [0.1, 0.15) is 36.1 Å². The largest absolute Gasteiger partial charge is 0.481 e. The van der Waals surface area contributed by atoms with Crippen LogP contribution in [-0.2, 0) is 4.79 Å². The number of aromatic nitrogens is 1. The van der Waals surface area contributed by atoms with E-state index in [1.54, 1.807) is 0 Å². The summed E-state index contributed by atoms with van der Waals surface area (Å²) in [5.41, 5.74) is 1.69. The van der Waals surface area contributed by atoms with Gasteiger partial charge < -0.3 is 10.0 Å². The first kappa shape index (κ1) is 13.9. The van der Waals surface area contributed by atoms with Gasteiger partial charge in [0.05, 0.1) is 11.0 Å². The molecule has 110 valence electrons. The lowest BCUT2D eigenvalue weighted by molar-refractivity contribution is -0.149. The van der Waals surface area contributed by atoms with Crippen LogP contribution in [0.2, 0.25) is 0 Å². The van der Waals surface area contributed by atoms with E-state index in [-0.39, 0.29) is 5.92 Å². The third kappa shape index (κ3) is 1.98. The summed E-state index contributed by atoms with van der Waals surface area (Å²) in [7, 11) is 0. The Balaban J connectivity index is 2.01. The summed E-state index contributed by atoms with van der Waals surface area (Å²) in [6.07, 6.45) is 2.67. The smallest absolute Gasteiger partial charge is 0.311 e. The molecule has 2 aliphatic rings. The molecule has 2 heterocycles. The lowest BCUT2D eigenvalue weighted by Crippen LogP contribution is -2.36. The van der Waals surface area contributed by atoms with Gasteiger partial charge in [-0.15, -0.1) is 0 Å². The summed E-state index contributed by atoms with van der Waals surface area (Å²) in [4.78, 5) is 18.3. The van der Waals surface area contributed by atoms with Gasteiger partial charge in [0, 0.05) is 18.8 Å². The Morgan fingerprint density at radius 1 is 1.57 bits per heavy atom. The minimum Gasteiger partial charge on any atom is -0.481 e. The van der Waals surface area contributed by atoms with Gasteiger partial charge in [-0.1, -0.05) is 6.42 Å². The monoisotopic (exact) mass is 285 g/mol. The van der Waals surface area contributed by atoms with Crippen molar-refractivity contribution in [3.05, 3.63) is 22.9 Å². The number of nitrogens with zero attached hydrogens (tertiary/aromatic N) is 3. The first-order valence-electron chi connectivity index (χ1n) is 7.34. The van der Waals surface area contributed by atoms with Crippen LogP contribution in [0.25, 0.3) is 0 Å². The summed E-state index contributed by atoms with van der Waals surface area (Å²) in [5.74, 6) is 0.129.